The molecule has 0 aliphatic carbocycles. The summed E-state index contributed by atoms with van der Waals surface area (Å²) in [4.78, 5) is 1.45. The van der Waals surface area contributed by atoms with Gasteiger partial charge in [-0.05, 0) is 17.7 Å². The third-order valence-corrected chi connectivity index (χ3v) is 2.94. The number of halogens is 2. The lowest BCUT2D eigenvalue weighted by Gasteiger charge is -2.16. The Hall–Kier alpha value is -1.15. The second-order valence-electron chi connectivity index (χ2n) is 4.56. The standard InChI is InChI=1S/C13H17Cl2N2O4/c1-16(2)8-12(11-4-6-13(14)7-5-11)9-17(3)10-21-15(18,19)20/h4-9H,10H2,1-3H3/q+1. The first kappa shape index (κ1) is 17.9. The lowest BCUT2D eigenvalue weighted by Crippen LogP contribution is -2.61. The fourth-order valence-corrected chi connectivity index (χ4v) is 1.91. The minimum absolute atomic E-state index is 0.369. The van der Waals surface area contributed by atoms with Gasteiger partial charge in [0.05, 0.1) is 20.1 Å². The van der Waals surface area contributed by atoms with Gasteiger partial charge in [0.25, 0.3) is 6.73 Å². The van der Waals surface area contributed by atoms with Crippen LogP contribution >= 0.6 is 11.6 Å². The van der Waals surface area contributed by atoms with Crippen LogP contribution in [0.4, 0.5) is 0 Å². The Morgan fingerprint density at radius 3 is 2.33 bits per heavy atom. The maximum atomic E-state index is 10.4. The van der Waals surface area contributed by atoms with Crippen molar-refractivity contribution in [2.75, 3.05) is 27.9 Å². The molecule has 0 amide bonds. The van der Waals surface area contributed by atoms with E-state index in [0.29, 0.717) is 5.02 Å². The Bertz CT molecular complexity index is 520. The molecular formula is C13H17Cl2N2O4+. The summed E-state index contributed by atoms with van der Waals surface area (Å²) in [5.74, 6) is 0. The molecule has 0 bridgehead atoms. The lowest BCUT2D eigenvalue weighted by atomic mass is 10.1. The SMILES string of the molecule is CN(C=C(C=[N+](C)C)c1ccc(Cl)cc1)CO[Cl+3]([O-])([O-])[O-]. The molecular weight excluding hydrogens is 319 g/mol. The summed E-state index contributed by atoms with van der Waals surface area (Å²) in [6.45, 7) is -0.369. The maximum Gasteiger partial charge on any atom is 0.276 e. The molecule has 0 radical (unpaired) electrons. The van der Waals surface area contributed by atoms with Crippen molar-refractivity contribution >= 4 is 23.4 Å². The number of hydrogen-bond donors (Lipinski definition) is 0. The Labute approximate surface area is 130 Å². The second kappa shape index (κ2) is 7.74. The van der Waals surface area contributed by atoms with Gasteiger partial charge in [-0.2, -0.15) is 14.0 Å². The molecule has 0 aliphatic rings. The number of rotatable bonds is 6. The predicted molar refractivity (Wildman–Crippen MR) is 71.3 cm³/mol. The van der Waals surface area contributed by atoms with Crippen molar-refractivity contribution in [2.45, 2.75) is 0 Å². The summed E-state index contributed by atoms with van der Waals surface area (Å²) in [7, 11) is 0.885. The molecule has 8 heteroatoms. The van der Waals surface area contributed by atoms with E-state index in [4.69, 9.17) is 11.6 Å². The summed E-state index contributed by atoms with van der Waals surface area (Å²) in [6, 6.07) is 7.19. The zero-order chi connectivity index (χ0) is 16.0. The Morgan fingerprint density at radius 1 is 1.29 bits per heavy atom. The van der Waals surface area contributed by atoms with E-state index in [2.05, 4.69) is 4.29 Å². The van der Waals surface area contributed by atoms with E-state index in [1.165, 1.54) is 4.90 Å². The van der Waals surface area contributed by atoms with Gasteiger partial charge in [-0.25, -0.2) is 4.58 Å². The first-order valence-corrected chi connectivity index (χ1v) is 7.53. The van der Waals surface area contributed by atoms with E-state index in [0.717, 1.165) is 11.1 Å². The highest BCUT2D eigenvalue weighted by Crippen LogP contribution is 2.16. The average molecular weight is 336 g/mol. The summed E-state index contributed by atoms with van der Waals surface area (Å²) in [5.41, 5.74) is 1.70. The Kier molecular flexibility index (Phi) is 6.60. The zero-order valence-electron chi connectivity index (χ0n) is 12.0. The molecule has 0 saturated heterocycles. The van der Waals surface area contributed by atoms with Crippen molar-refractivity contribution in [3.63, 3.8) is 0 Å². The first-order chi connectivity index (χ1) is 9.67. The minimum atomic E-state index is -4.44. The van der Waals surface area contributed by atoms with Crippen molar-refractivity contribution in [3.05, 3.63) is 41.1 Å². The van der Waals surface area contributed by atoms with E-state index in [1.54, 1.807) is 25.4 Å². The van der Waals surface area contributed by atoms with E-state index < -0.39 is 10.2 Å². The van der Waals surface area contributed by atoms with Crippen LogP contribution in [0, 0.1) is 10.2 Å². The van der Waals surface area contributed by atoms with Crippen LogP contribution in [-0.2, 0) is 4.29 Å². The normalized spacial score (nSPS) is 12.2. The highest BCUT2D eigenvalue weighted by Gasteiger charge is 2.18. The van der Waals surface area contributed by atoms with Gasteiger partial charge in [-0.1, -0.05) is 23.7 Å². The maximum absolute atomic E-state index is 10.4. The van der Waals surface area contributed by atoms with Gasteiger partial charge in [0.15, 0.2) is 6.21 Å². The summed E-state index contributed by atoms with van der Waals surface area (Å²) in [6.07, 6.45) is 3.52. The smallest absolute Gasteiger partial charge is 0.276 e. The van der Waals surface area contributed by atoms with Gasteiger partial charge in [0, 0.05) is 18.3 Å². The molecule has 0 N–H and O–H groups in total. The quantitative estimate of drug-likeness (QED) is 0.371. The summed E-state index contributed by atoms with van der Waals surface area (Å²) >= 11 is 5.85. The fourth-order valence-electron chi connectivity index (χ4n) is 1.51. The van der Waals surface area contributed by atoms with Crippen LogP contribution in [0.15, 0.2) is 30.5 Å². The van der Waals surface area contributed by atoms with Gasteiger partial charge >= 0.3 is 0 Å². The van der Waals surface area contributed by atoms with E-state index in [1.807, 2.05) is 37.0 Å². The lowest BCUT2D eigenvalue weighted by molar-refractivity contribution is -1.92. The van der Waals surface area contributed by atoms with Gasteiger partial charge in [0.2, 0.25) is 0 Å². The molecule has 0 saturated carbocycles. The number of allylic oxidation sites excluding steroid dienone is 1. The monoisotopic (exact) mass is 335 g/mol. The number of benzene rings is 1. The third kappa shape index (κ3) is 7.42. The van der Waals surface area contributed by atoms with E-state index >= 15 is 0 Å². The average Bonchev–Trinajstić information content (AvgIpc) is 2.35. The molecule has 116 valence electrons. The van der Waals surface area contributed by atoms with Crippen LogP contribution in [0.1, 0.15) is 5.56 Å². The summed E-state index contributed by atoms with van der Waals surface area (Å²) < 4.78 is 37.3. The van der Waals surface area contributed by atoms with Crippen molar-refractivity contribution in [2.24, 2.45) is 0 Å². The molecule has 0 aliphatic heterocycles. The Morgan fingerprint density at radius 2 is 1.86 bits per heavy atom. The van der Waals surface area contributed by atoms with Gasteiger partial charge in [-0.3, -0.25) is 0 Å². The van der Waals surface area contributed by atoms with Gasteiger partial charge in [0.1, 0.15) is 14.1 Å². The predicted octanol–water partition coefficient (Wildman–Crippen LogP) is -1.17. The molecule has 1 aromatic rings. The topological polar surface area (TPSA) is 84.7 Å². The largest absolute Gasteiger partial charge is 0.344 e. The molecule has 0 heterocycles. The molecule has 1 rings (SSSR count). The molecule has 0 spiro atoms. The molecule has 0 unspecified atom stereocenters. The van der Waals surface area contributed by atoms with Crippen LogP contribution in [0.5, 0.6) is 0 Å². The second-order valence-corrected chi connectivity index (χ2v) is 5.97. The third-order valence-electron chi connectivity index (χ3n) is 2.32. The molecule has 0 fully saturated rings. The number of hydrogen-bond acceptors (Lipinski definition) is 5. The molecule has 0 aromatic heterocycles. The molecule has 0 atom stereocenters. The molecule has 1 aromatic carbocycles. The highest BCUT2D eigenvalue weighted by molar-refractivity contribution is 6.30. The Balaban J connectivity index is 2.94. The fraction of sp³-hybridized carbons (Fsp3) is 0.308. The number of nitrogens with zero attached hydrogens (tertiary/aromatic N) is 2. The van der Waals surface area contributed by atoms with E-state index in [-0.39, 0.29) is 6.73 Å². The van der Waals surface area contributed by atoms with Crippen LogP contribution in [0.25, 0.3) is 5.57 Å². The van der Waals surface area contributed by atoms with Crippen molar-refractivity contribution in [3.8, 4) is 0 Å². The van der Waals surface area contributed by atoms with Crippen molar-refractivity contribution in [1.29, 1.82) is 0 Å². The molecule has 6 nitrogen and oxygen atoms in total. The summed E-state index contributed by atoms with van der Waals surface area (Å²) in [5, 5.41) is 0.621. The van der Waals surface area contributed by atoms with Crippen molar-refractivity contribution < 1.29 is 33.1 Å². The van der Waals surface area contributed by atoms with E-state index in [9.17, 15) is 14.0 Å². The van der Waals surface area contributed by atoms with Crippen molar-refractivity contribution in [1.82, 2.24) is 4.90 Å². The minimum Gasteiger partial charge on any atom is -0.344 e. The van der Waals surface area contributed by atoms with Crippen LogP contribution in [0.3, 0.4) is 0 Å². The highest BCUT2D eigenvalue weighted by atomic mass is 35.7. The van der Waals surface area contributed by atoms with Gasteiger partial charge < -0.3 is 4.90 Å². The van der Waals surface area contributed by atoms with Crippen LogP contribution < -0.4 is 14.0 Å². The first-order valence-electron chi connectivity index (χ1n) is 5.92. The molecule has 21 heavy (non-hydrogen) atoms. The van der Waals surface area contributed by atoms with Crippen LogP contribution in [0.2, 0.25) is 5.02 Å². The zero-order valence-corrected chi connectivity index (χ0v) is 13.5. The van der Waals surface area contributed by atoms with Gasteiger partial charge in [-0.15, -0.1) is 0 Å². The van der Waals surface area contributed by atoms with Crippen LogP contribution in [-0.4, -0.2) is 43.6 Å².